The summed E-state index contributed by atoms with van der Waals surface area (Å²) in [5, 5.41) is 0. The van der Waals surface area contributed by atoms with E-state index in [0.717, 1.165) is 39.3 Å². The quantitative estimate of drug-likeness (QED) is 0.318. The molecule has 0 N–H and O–H groups in total. The second kappa shape index (κ2) is 16.5. The molecule has 0 atom stereocenters. The van der Waals surface area contributed by atoms with Crippen LogP contribution in [0.15, 0.2) is 0 Å². The Morgan fingerprint density at radius 1 is 0.400 bits per heavy atom. The molecule has 122 valence electrons. The summed E-state index contributed by atoms with van der Waals surface area (Å²) < 4.78 is 0. The van der Waals surface area contributed by atoms with Crippen LogP contribution in [-0.4, -0.2) is 72.6 Å². The van der Waals surface area contributed by atoms with Crippen LogP contribution >= 0.6 is 46.4 Å². The molecule has 0 fully saturated rings. The molecular formula is C14H28Cl4N2. The van der Waals surface area contributed by atoms with E-state index in [4.69, 9.17) is 46.4 Å². The molecule has 0 bridgehead atoms. The maximum absolute atomic E-state index is 5.78. The number of unbranched alkanes of at least 4 members (excludes halogenated alkanes) is 3. The summed E-state index contributed by atoms with van der Waals surface area (Å²) in [6, 6.07) is 0. The standard InChI is InChI=1S/C14H28Cl4N2/c15-5-11-19(12-6-16)9-3-1-2-4-10-20(13-7-17)14-8-18/h1-14H2. The van der Waals surface area contributed by atoms with Crippen molar-refractivity contribution < 1.29 is 0 Å². The summed E-state index contributed by atoms with van der Waals surface area (Å²) in [5.74, 6) is 2.73. The van der Waals surface area contributed by atoms with E-state index in [1.807, 2.05) is 0 Å². The fraction of sp³-hybridized carbons (Fsp3) is 1.00. The van der Waals surface area contributed by atoms with Crippen molar-refractivity contribution in [2.45, 2.75) is 25.7 Å². The first kappa shape index (κ1) is 21.1. The first-order valence-corrected chi connectivity index (χ1v) is 9.60. The predicted octanol–water partition coefficient (Wildman–Crippen LogP) is 4.11. The highest BCUT2D eigenvalue weighted by atomic mass is 35.5. The van der Waals surface area contributed by atoms with Crippen molar-refractivity contribution in [2.75, 3.05) is 62.8 Å². The van der Waals surface area contributed by atoms with Gasteiger partial charge >= 0.3 is 0 Å². The molecule has 0 spiro atoms. The third kappa shape index (κ3) is 12.8. The van der Waals surface area contributed by atoms with Gasteiger partial charge in [-0.3, -0.25) is 0 Å². The lowest BCUT2D eigenvalue weighted by molar-refractivity contribution is 0.285. The molecule has 0 unspecified atom stereocenters. The van der Waals surface area contributed by atoms with Crippen LogP contribution in [0.4, 0.5) is 0 Å². The van der Waals surface area contributed by atoms with E-state index in [2.05, 4.69) is 9.80 Å². The topological polar surface area (TPSA) is 6.48 Å². The number of hydrogen-bond acceptors (Lipinski definition) is 2. The first-order valence-electron chi connectivity index (χ1n) is 7.47. The molecule has 0 aliphatic carbocycles. The number of rotatable bonds is 15. The monoisotopic (exact) mass is 364 g/mol. The van der Waals surface area contributed by atoms with Crippen molar-refractivity contribution in [3.63, 3.8) is 0 Å². The molecule has 0 aromatic rings. The summed E-state index contributed by atoms with van der Waals surface area (Å²) >= 11 is 23.1. The van der Waals surface area contributed by atoms with Crippen LogP contribution in [0, 0.1) is 0 Å². The van der Waals surface area contributed by atoms with Gasteiger partial charge in [-0.05, 0) is 25.9 Å². The maximum atomic E-state index is 5.78. The zero-order chi connectivity index (χ0) is 15.1. The van der Waals surface area contributed by atoms with Crippen LogP contribution in [0.25, 0.3) is 0 Å². The van der Waals surface area contributed by atoms with Crippen molar-refractivity contribution in [1.29, 1.82) is 0 Å². The summed E-state index contributed by atoms with van der Waals surface area (Å²) in [4.78, 5) is 4.68. The molecule has 0 radical (unpaired) electrons. The number of hydrogen-bond donors (Lipinski definition) is 0. The van der Waals surface area contributed by atoms with E-state index in [0.29, 0.717) is 23.5 Å². The smallest absolute Gasteiger partial charge is 0.0351 e. The van der Waals surface area contributed by atoms with E-state index in [1.165, 1.54) is 25.7 Å². The molecule has 0 saturated carbocycles. The molecule has 0 saturated heterocycles. The zero-order valence-corrected chi connectivity index (χ0v) is 15.3. The molecule has 0 amide bonds. The van der Waals surface area contributed by atoms with Crippen molar-refractivity contribution >= 4 is 46.4 Å². The molecule has 6 heteroatoms. The molecule has 0 aromatic carbocycles. The Hall–Kier alpha value is 1.08. The number of nitrogens with zero attached hydrogens (tertiary/aromatic N) is 2. The van der Waals surface area contributed by atoms with E-state index in [-0.39, 0.29) is 0 Å². The van der Waals surface area contributed by atoms with Gasteiger partial charge in [0.05, 0.1) is 0 Å². The third-order valence-corrected chi connectivity index (χ3v) is 3.98. The Balaban J connectivity index is 3.53. The minimum atomic E-state index is 0.683. The van der Waals surface area contributed by atoms with Gasteiger partial charge in [0.15, 0.2) is 0 Å². The van der Waals surface area contributed by atoms with Crippen LogP contribution in [0.2, 0.25) is 0 Å². The van der Waals surface area contributed by atoms with Crippen molar-refractivity contribution in [3.05, 3.63) is 0 Å². The van der Waals surface area contributed by atoms with Gasteiger partial charge < -0.3 is 9.80 Å². The van der Waals surface area contributed by atoms with Crippen molar-refractivity contribution in [3.8, 4) is 0 Å². The van der Waals surface area contributed by atoms with Gasteiger partial charge in [-0.1, -0.05) is 12.8 Å². The van der Waals surface area contributed by atoms with Crippen LogP contribution in [0.3, 0.4) is 0 Å². The van der Waals surface area contributed by atoms with Crippen LogP contribution in [-0.2, 0) is 0 Å². The fourth-order valence-corrected chi connectivity index (χ4v) is 3.13. The highest BCUT2D eigenvalue weighted by Crippen LogP contribution is 2.05. The normalized spacial score (nSPS) is 11.7. The minimum Gasteiger partial charge on any atom is -0.301 e. The lowest BCUT2D eigenvalue weighted by atomic mass is 10.2. The van der Waals surface area contributed by atoms with Gasteiger partial charge in [-0.2, -0.15) is 0 Å². The van der Waals surface area contributed by atoms with E-state index >= 15 is 0 Å². The summed E-state index contributed by atoms with van der Waals surface area (Å²) in [5.41, 5.74) is 0. The molecule has 20 heavy (non-hydrogen) atoms. The van der Waals surface area contributed by atoms with Gasteiger partial charge in [0.1, 0.15) is 0 Å². The van der Waals surface area contributed by atoms with Gasteiger partial charge in [0.2, 0.25) is 0 Å². The Kier molecular flexibility index (Phi) is 17.3. The fourth-order valence-electron chi connectivity index (χ4n) is 2.17. The van der Waals surface area contributed by atoms with E-state index in [9.17, 15) is 0 Å². The largest absolute Gasteiger partial charge is 0.301 e. The van der Waals surface area contributed by atoms with Crippen LogP contribution in [0.5, 0.6) is 0 Å². The van der Waals surface area contributed by atoms with E-state index in [1.54, 1.807) is 0 Å². The molecule has 0 heterocycles. The van der Waals surface area contributed by atoms with Crippen molar-refractivity contribution in [1.82, 2.24) is 9.80 Å². The lowest BCUT2D eigenvalue weighted by Gasteiger charge is -2.21. The Bertz CT molecular complexity index is 164. The second-order valence-corrected chi connectivity index (χ2v) is 6.37. The number of halogens is 4. The molecule has 0 rings (SSSR count). The molecule has 0 aliphatic rings. The predicted molar refractivity (Wildman–Crippen MR) is 94.2 cm³/mol. The molecular weight excluding hydrogens is 338 g/mol. The summed E-state index contributed by atoms with van der Waals surface area (Å²) in [7, 11) is 0. The van der Waals surface area contributed by atoms with Gasteiger partial charge in [0, 0.05) is 49.7 Å². The SMILES string of the molecule is ClCCN(CCCl)CCCCCCN(CCCl)CCCl. The lowest BCUT2D eigenvalue weighted by Crippen LogP contribution is -2.29. The van der Waals surface area contributed by atoms with Gasteiger partial charge in [-0.15, -0.1) is 46.4 Å². The molecule has 0 aromatic heterocycles. The Labute approximate surface area is 144 Å². The molecule has 0 aliphatic heterocycles. The zero-order valence-electron chi connectivity index (χ0n) is 12.3. The first-order chi connectivity index (χ1) is 9.78. The second-order valence-electron chi connectivity index (χ2n) is 4.85. The van der Waals surface area contributed by atoms with Crippen molar-refractivity contribution in [2.24, 2.45) is 0 Å². The van der Waals surface area contributed by atoms with E-state index < -0.39 is 0 Å². The Morgan fingerprint density at radius 3 is 0.950 bits per heavy atom. The minimum absolute atomic E-state index is 0.683. The van der Waals surface area contributed by atoms with Gasteiger partial charge in [-0.25, -0.2) is 0 Å². The highest BCUT2D eigenvalue weighted by Gasteiger charge is 2.04. The highest BCUT2D eigenvalue weighted by molar-refractivity contribution is 6.18. The Morgan fingerprint density at radius 2 is 0.700 bits per heavy atom. The summed E-state index contributed by atoms with van der Waals surface area (Å²) in [6.07, 6.45) is 4.96. The average molecular weight is 366 g/mol. The van der Waals surface area contributed by atoms with Gasteiger partial charge in [0.25, 0.3) is 0 Å². The molecule has 2 nitrogen and oxygen atoms in total. The summed E-state index contributed by atoms with van der Waals surface area (Å²) in [6.45, 7) is 5.96. The number of alkyl halides is 4. The van der Waals surface area contributed by atoms with Crippen LogP contribution < -0.4 is 0 Å². The average Bonchev–Trinajstić information content (AvgIpc) is 2.43. The third-order valence-electron chi connectivity index (χ3n) is 3.30. The maximum Gasteiger partial charge on any atom is 0.0351 e. The van der Waals surface area contributed by atoms with Crippen LogP contribution in [0.1, 0.15) is 25.7 Å².